The van der Waals surface area contributed by atoms with E-state index < -0.39 is 0 Å². The summed E-state index contributed by atoms with van der Waals surface area (Å²) in [5, 5.41) is 1.13. The number of ether oxygens (including phenoxy) is 1. The molecule has 0 atom stereocenters. The molecule has 0 unspecified atom stereocenters. The Morgan fingerprint density at radius 2 is 1.86 bits per heavy atom. The smallest absolute Gasteiger partial charge is 0.119 e. The third kappa shape index (κ3) is 2.33. The van der Waals surface area contributed by atoms with E-state index in [2.05, 4.69) is 54.4 Å². The molecule has 0 aliphatic heterocycles. The van der Waals surface area contributed by atoms with Gasteiger partial charge in [-0.1, -0.05) is 23.8 Å². The van der Waals surface area contributed by atoms with Crippen LogP contribution in [0.1, 0.15) is 29.9 Å². The summed E-state index contributed by atoms with van der Waals surface area (Å²) in [6.07, 6.45) is 4.33. The highest BCUT2D eigenvalue weighted by molar-refractivity contribution is 5.91. The Kier molecular flexibility index (Phi) is 3.07. The van der Waals surface area contributed by atoms with Crippen molar-refractivity contribution in [3.63, 3.8) is 0 Å². The van der Waals surface area contributed by atoms with Gasteiger partial charge in [-0.05, 0) is 55.5 Å². The van der Waals surface area contributed by atoms with Crippen molar-refractivity contribution in [2.45, 2.75) is 31.8 Å². The molecule has 112 valence electrons. The third-order valence-electron chi connectivity index (χ3n) is 4.63. The first-order valence-electron chi connectivity index (χ1n) is 7.79. The molecule has 22 heavy (non-hydrogen) atoms. The van der Waals surface area contributed by atoms with Crippen LogP contribution in [0.4, 0.5) is 5.69 Å². The van der Waals surface area contributed by atoms with Gasteiger partial charge in [0.05, 0.1) is 11.8 Å². The standard InChI is InChI=1S/C19H20N2O/c1-12-2-5-15(6-3-12)22-16-8-14(9-16)13-4-7-19-17(10-13)18(20)11-21-19/h2-7,10-11,14,16,21H,8-9,20H2,1H3. The van der Waals surface area contributed by atoms with E-state index in [1.54, 1.807) is 0 Å². The highest BCUT2D eigenvalue weighted by atomic mass is 16.5. The van der Waals surface area contributed by atoms with Crippen molar-refractivity contribution in [2.75, 3.05) is 5.73 Å². The van der Waals surface area contributed by atoms with Gasteiger partial charge in [-0.25, -0.2) is 0 Å². The van der Waals surface area contributed by atoms with Crippen LogP contribution >= 0.6 is 0 Å². The number of anilines is 1. The lowest BCUT2D eigenvalue weighted by atomic mass is 9.77. The monoisotopic (exact) mass is 292 g/mol. The molecule has 0 amide bonds. The molecule has 2 aromatic carbocycles. The second-order valence-electron chi connectivity index (χ2n) is 6.27. The molecule has 3 aromatic rings. The first-order valence-corrected chi connectivity index (χ1v) is 7.79. The van der Waals surface area contributed by atoms with E-state index in [1.165, 1.54) is 11.1 Å². The summed E-state index contributed by atoms with van der Waals surface area (Å²) >= 11 is 0. The fourth-order valence-electron chi connectivity index (χ4n) is 3.16. The Morgan fingerprint density at radius 1 is 1.09 bits per heavy atom. The lowest BCUT2D eigenvalue weighted by molar-refractivity contribution is 0.0986. The SMILES string of the molecule is Cc1ccc(OC2CC(c3ccc4[nH]cc(N)c4c3)C2)cc1. The first-order chi connectivity index (χ1) is 10.7. The molecule has 4 rings (SSSR count). The Morgan fingerprint density at radius 3 is 2.64 bits per heavy atom. The summed E-state index contributed by atoms with van der Waals surface area (Å²) in [5.74, 6) is 1.55. The van der Waals surface area contributed by atoms with Crippen LogP contribution in [0.2, 0.25) is 0 Å². The average molecular weight is 292 g/mol. The van der Waals surface area contributed by atoms with Crippen LogP contribution in [-0.4, -0.2) is 11.1 Å². The maximum absolute atomic E-state index is 6.02. The molecule has 3 heteroatoms. The number of nitrogen functional groups attached to an aromatic ring is 1. The summed E-state index contributed by atoms with van der Waals surface area (Å²) in [6.45, 7) is 2.09. The molecule has 1 aliphatic rings. The van der Waals surface area contributed by atoms with Crippen LogP contribution in [0, 0.1) is 6.92 Å². The lowest BCUT2D eigenvalue weighted by Gasteiger charge is -2.35. The summed E-state index contributed by atoms with van der Waals surface area (Å²) in [4.78, 5) is 3.19. The maximum atomic E-state index is 6.02. The fourth-order valence-corrected chi connectivity index (χ4v) is 3.16. The van der Waals surface area contributed by atoms with Gasteiger partial charge in [-0.2, -0.15) is 0 Å². The molecule has 3 nitrogen and oxygen atoms in total. The van der Waals surface area contributed by atoms with Crippen LogP contribution in [0.5, 0.6) is 5.75 Å². The second kappa shape index (κ2) is 5.09. The van der Waals surface area contributed by atoms with E-state index in [0.717, 1.165) is 35.2 Å². The van der Waals surface area contributed by atoms with Gasteiger partial charge in [0.25, 0.3) is 0 Å². The Labute approximate surface area is 130 Å². The highest BCUT2D eigenvalue weighted by Gasteiger charge is 2.32. The lowest BCUT2D eigenvalue weighted by Crippen LogP contribution is -2.32. The van der Waals surface area contributed by atoms with Crippen molar-refractivity contribution in [1.82, 2.24) is 4.98 Å². The van der Waals surface area contributed by atoms with Crippen molar-refractivity contribution >= 4 is 16.6 Å². The first kappa shape index (κ1) is 13.3. The number of benzene rings is 2. The van der Waals surface area contributed by atoms with Crippen molar-refractivity contribution in [1.29, 1.82) is 0 Å². The van der Waals surface area contributed by atoms with Gasteiger partial charge in [0.1, 0.15) is 5.75 Å². The summed E-state index contributed by atoms with van der Waals surface area (Å²) in [5.41, 5.74) is 10.5. The Bertz CT molecular complexity index is 798. The van der Waals surface area contributed by atoms with Gasteiger partial charge in [0.2, 0.25) is 0 Å². The topological polar surface area (TPSA) is 51.0 Å². The predicted octanol–water partition coefficient (Wildman–Crippen LogP) is 4.38. The third-order valence-corrected chi connectivity index (χ3v) is 4.63. The number of nitrogens with one attached hydrogen (secondary N) is 1. The van der Waals surface area contributed by atoms with E-state index >= 15 is 0 Å². The van der Waals surface area contributed by atoms with E-state index in [1.807, 2.05) is 6.20 Å². The molecular formula is C19H20N2O. The van der Waals surface area contributed by atoms with Crippen LogP contribution in [0.15, 0.2) is 48.7 Å². The molecule has 1 saturated carbocycles. The quantitative estimate of drug-likeness (QED) is 0.752. The number of aromatic amines is 1. The number of nitrogens with two attached hydrogens (primary N) is 1. The fraction of sp³-hybridized carbons (Fsp3) is 0.263. The number of aryl methyl sites for hydroxylation is 1. The normalized spacial score (nSPS) is 20.8. The zero-order valence-corrected chi connectivity index (χ0v) is 12.7. The maximum Gasteiger partial charge on any atom is 0.119 e. The number of H-pyrrole nitrogens is 1. The van der Waals surface area contributed by atoms with Crippen LogP contribution < -0.4 is 10.5 Å². The molecule has 1 heterocycles. The minimum Gasteiger partial charge on any atom is -0.490 e. The Balaban J connectivity index is 1.43. The molecule has 0 spiro atoms. The van der Waals surface area contributed by atoms with E-state index in [4.69, 9.17) is 10.5 Å². The van der Waals surface area contributed by atoms with Gasteiger partial charge >= 0.3 is 0 Å². The van der Waals surface area contributed by atoms with Crippen molar-refractivity contribution in [3.8, 4) is 5.75 Å². The van der Waals surface area contributed by atoms with E-state index in [-0.39, 0.29) is 0 Å². The molecule has 0 saturated heterocycles. The minimum atomic E-state index is 0.326. The van der Waals surface area contributed by atoms with Gasteiger partial charge < -0.3 is 15.5 Å². The van der Waals surface area contributed by atoms with E-state index in [9.17, 15) is 0 Å². The van der Waals surface area contributed by atoms with Gasteiger partial charge in [0, 0.05) is 17.1 Å². The van der Waals surface area contributed by atoms with Gasteiger partial charge in [-0.15, -0.1) is 0 Å². The van der Waals surface area contributed by atoms with Crippen LogP contribution in [-0.2, 0) is 0 Å². The van der Waals surface area contributed by atoms with Crippen molar-refractivity contribution < 1.29 is 4.74 Å². The van der Waals surface area contributed by atoms with Gasteiger partial charge in [0.15, 0.2) is 0 Å². The number of rotatable bonds is 3. The molecule has 1 aliphatic carbocycles. The summed E-state index contributed by atoms with van der Waals surface area (Å²) in [6, 6.07) is 14.8. The van der Waals surface area contributed by atoms with Gasteiger partial charge in [-0.3, -0.25) is 0 Å². The average Bonchev–Trinajstić information content (AvgIpc) is 2.85. The second-order valence-corrected chi connectivity index (χ2v) is 6.27. The van der Waals surface area contributed by atoms with Crippen LogP contribution in [0.25, 0.3) is 10.9 Å². The molecular weight excluding hydrogens is 272 g/mol. The van der Waals surface area contributed by atoms with E-state index in [0.29, 0.717) is 12.0 Å². The largest absolute Gasteiger partial charge is 0.490 e. The number of aromatic nitrogens is 1. The molecule has 0 radical (unpaired) electrons. The number of hydrogen-bond donors (Lipinski definition) is 2. The number of hydrogen-bond acceptors (Lipinski definition) is 2. The highest BCUT2D eigenvalue weighted by Crippen LogP contribution is 2.40. The summed E-state index contributed by atoms with van der Waals surface area (Å²) < 4.78 is 6.02. The predicted molar refractivity (Wildman–Crippen MR) is 90.3 cm³/mol. The number of fused-ring (bicyclic) bond motifs is 1. The zero-order valence-electron chi connectivity index (χ0n) is 12.7. The molecule has 1 aromatic heterocycles. The van der Waals surface area contributed by atoms with Crippen molar-refractivity contribution in [2.24, 2.45) is 0 Å². The molecule has 1 fully saturated rings. The Hall–Kier alpha value is -2.42. The van der Waals surface area contributed by atoms with Crippen molar-refractivity contribution in [3.05, 3.63) is 59.8 Å². The molecule has 3 N–H and O–H groups in total. The minimum absolute atomic E-state index is 0.326. The summed E-state index contributed by atoms with van der Waals surface area (Å²) in [7, 11) is 0. The zero-order chi connectivity index (χ0) is 15.1. The molecule has 0 bridgehead atoms. The van der Waals surface area contributed by atoms with Crippen LogP contribution in [0.3, 0.4) is 0 Å².